The Morgan fingerprint density at radius 1 is 1.08 bits per heavy atom. The molecule has 7 nitrogen and oxygen atoms in total. The molecule has 0 aliphatic carbocycles. The molecule has 0 aliphatic rings. The molecule has 36 heavy (non-hydrogen) atoms. The number of amides is 2. The van der Waals surface area contributed by atoms with Gasteiger partial charge in [-0.15, -0.1) is 0 Å². The predicted molar refractivity (Wildman–Crippen MR) is 136 cm³/mol. The summed E-state index contributed by atoms with van der Waals surface area (Å²) in [4.78, 5) is 27.5. The quantitative estimate of drug-likeness (QED) is 0.438. The number of nitrogens with one attached hydrogen (secondary N) is 1. The van der Waals surface area contributed by atoms with Crippen LogP contribution in [-0.2, 0) is 32.3 Å². The van der Waals surface area contributed by atoms with Crippen LogP contribution in [0.25, 0.3) is 0 Å². The van der Waals surface area contributed by atoms with E-state index in [0.717, 1.165) is 22.9 Å². The highest BCUT2D eigenvalue weighted by Gasteiger charge is 2.33. The highest BCUT2D eigenvalue weighted by atomic mass is 79.9. The van der Waals surface area contributed by atoms with E-state index in [-0.39, 0.29) is 18.3 Å². The summed E-state index contributed by atoms with van der Waals surface area (Å²) in [5.74, 6) is -1.18. The molecule has 2 rings (SSSR count). The minimum absolute atomic E-state index is 0.0203. The molecule has 12 heteroatoms. The molecule has 0 radical (unpaired) electrons. The topological polar surface area (TPSA) is 86.8 Å². The molecule has 2 atom stereocenters. The standard InChI is InChI=1S/C24H29BrF3N3O4S/c1-5-16(2)29-23(33)17(3)30(14-18-8-6-10-20(25)12-18)22(32)15-31(36(4,34)35)21-11-7-9-19(13-21)24(26,27)28/h6-13,16-17H,5,14-15H2,1-4H3,(H,29,33)/t16-,17+/m1/s1. The van der Waals surface area contributed by atoms with Crippen LogP contribution in [0.4, 0.5) is 18.9 Å². The van der Waals surface area contributed by atoms with E-state index in [0.29, 0.717) is 22.4 Å². The predicted octanol–water partition coefficient (Wildman–Crippen LogP) is 4.57. The molecular formula is C24H29BrF3N3O4S. The Labute approximate surface area is 217 Å². The van der Waals surface area contributed by atoms with Crippen molar-refractivity contribution in [1.82, 2.24) is 10.2 Å². The molecule has 0 aromatic heterocycles. The summed E-state index contributed by atoms with van der Waals surface area (Å²) >= 11 is 3.35. The Balaban J connectivity index is 2.44. The Morgan fingerprint density at radius 2 is 1.72 bits per heavy atom. The fraction of sp³-hybridized carbons (Fsp3) is 0.417. The number of benzene rings is 2. The van der Waals surface area contributed by atoms with Crippen LogP contribution in [0.5, 0.6) is 0 Å². The van der Waals surface area contributed by atoms with E-state index in [4.69, 9.17) is 0 Å². The number of hydrogen-bond acceptors (Lipinski definition) is 4. The monoisotopic (exact) mass is 591 g/mol. The van der Waals surface area contributed by atoms with Crippen molar-refractivity contribution in [2.24, 2.45) is 0 Å². The van der Waals surface area contributed by atoms with Gasteiger partial charge in [-0.2, -0.15) is 13.2 Å². The number of nitrogens with zero attached hydrogens (tertiary/aromatic N) is 2. The number of halogens is 4. The van der Waals surface area contributed by atoms with Crippen LogP contribution in [0.2, 0.25) is 0 Å². The summed E-state index contributed by atoms with van der Waals surface area (Å²) in [6.07, 6.45) is -3.23. The summed E-state index contributed by atoms with van der Waals surface area (Å²) in [6.45, 7) is 4.41. The smallest absolute Gasteiger partial charge is 0.352 e. The maximum Gasteiger partial charge on any atom is 0.416 e. The van der Waals surface area contributed by atoms with Crippen LogP contribution in [0.3, 0.4) is 0 Å². The molecule has 0 heterocycles. The Hall–Kier alpha value is -2.60. The van der Waals surface area contributed by atoms with Crippen molar-refractivity contribution in [3.05, 3.63) is 64.1 Å². The average molecular weight is 592 g/mol. The first-order chi connectivity index (χ1) is 16.6. The molecule has 0 spiro atoms. The molecule has 0 fully saturated rings. The number of anilines is 1. The van der Waals surface area contributed by atoms with Gasteiger partial charge in [0.05, 0.1) is 17.5 Å². The number of sulfonamides is 1. The maximum atomic E-state index is 13.5. The third kappa shape index (κ3) is 8.22. The average Bonchev–Trinajstić information content (AvgIpc) is 2.79. The van der Waals surface area contributed by atoms with Crippen molar-refractivity contribution in [3.8, 4) is 0 Å². The van der Waals surface area contributed by atoms with Crippen LogP contribution in [-0.4, -0.2) is 50.0 Å². The Bertz CT molecular complexity index is 1190. The SMILES string of the molecule is CC[C@@H](C)NC(=O)[C@H](C)N(Cc1cccc(Br)c1)C(=O)CN(c1cccc(C(F)(F)F)c1)S(C)(=O)=O. The van der Waals surface area contributed by atoms with Gasteiger partial charge in [0.15, 0.2) is 0 Å². The summed E-state index contributed by atoms with van der Waals surface area (Å²) in [5, 5.41) is 2.80. The van der Waals surface area contributed by atoms with Gasteiger partial charge in [0, 0.05) is 17.1 Å². The van der Waals surface area contributed by atoms with Gasteiger partial charge in [-0.3, -0.25) is 13.9 Å². The summed E-state index contributed by atoms with van der Waals surface area (Å²) in [5.41, 5.74) is -0.681. The van der Waals surface area contributed by atoms with Crippen molar-refractivity contribution >= 4 is 43.5 Å². The summed E-state index contributed by atoms with van der Waals surface area (Å²) < 4.78 is 66.1. The number of carbonyl (C=O) groups is 2. The zero-order chi connectivity index (χ0) is 27.3. The van der Waals surface area contributed by atoms with E-state index in [1.165, 1.54) is 17.9 Å². The lowest BCUT2D eigenvalue weighted by Gasteiger charge is -2.32. The van der Waals surface area contributed by atoms with Crippen molar-refractivity contribution in [2.75, 3.05) is 17.1 Å². The highest BCUT2D eigenvalue weighted by Crippen LogP contribution is 2.32. The second-order valence-electron chi connectivity index (χ2n) is 8.46. The third-order valence-electron chi connectivity index (χ3n) is 5.55. The van der Waals surface area contributed by atoms with Crippen molar-refractivity contribution < 1.29 is 31.2 Å². The maximum absolute atomic E-state index is 13.5. The van der Waals surface area contributed by atoms with Gasteiger partial charge < -0.3 is 10.2 Å². The van der Waals surface area contributed by atoms with Crippen molar-refractivity contribution in [3.63, 3.8) is 0 Å². The Kier molecular flexibility index (Phi) is 9.95. The minimum Gasteiger partial charge on any atom is -0.352 e. The highest BCUT2D eigenvalue weighted by molar-refractivity contribution is 9.10. The van der Waals surface area contributed by atoms with Crippen molar-refractivity contribution in [2.45, 2.75) is 52.0 Å². The van der Waals surface area contributed by atoms with Gasteiger partial charge in [-0.25, -0.2) is 8.42 Å². The van der Waals surface area contributed by atoms with E-state index in [9.17, 15) is 31.2 Å². The van der Waals surface area contributed by atoms with Gasteiger partial charge in [-0.1, -0.05) is 41.1 Å². The molecule has 2 amide bonds. The van der Waals surface area contributed by atoms with Crippen LogP contribution >= 0.6 is 15.9 Å². The molecule has 0 saturated heterocycles. The zero-order valence-corrected chi connectivity index (χ0v) is 22.7. The molecule has 0 bridgehead atoms. The van der Waals surface area contributed by atoms with E-state index >= 15 is 0 Å². The molecule has 2 aromatic carbocycles. The van der Waals surface area contributed by atoms with Gasteiger partial charge in [0.25, 0.3) is 0 Å². The molecule has 0 aliphatic heterocycles. The fourth-order valence-corrected chi connectivity index (χ4v) is 4.62. The zero-order valence-electron chi connectivity index (χ0n) is 20.3. The van der Waals surface area contributed by atoms with Gasteiger partial charge in [0.2, 0.25) is 21.8 Å². The van der Waals surface area contributed by atoms with E-state index in [2.05, 4.69) is 21.2 Å². The van der Waals surface area contributed by atoms with Crippen molar-refractivity contribution in [1.29, 1.82) is 0 Å². The second-order valence-corrected chi connectivity index (χ2v) is 11.3. The number of rotatable bonds is 10. The molecular weight excluding hydrogens is 563 g/mol. The Morgan fingerprint density at radius 3 is 2.28 bits per heavy atom. The molecule has 198 valence electrons. The number of hydrogen-bond donors (Lipinski definition) is 1. The first-order valence-electron chi connectivity index (χ1n) is 11.1. The first-order valence-corrected chi connectivity index (χ1v) is 13.8. The normalized spacial score (nSPS) is 13.6. The van der Waals surface area contributed by atoms with Gasteiger partial charge in [-0.05, 0) is 56.2 Å². The van der Waals surface area contributed by atoms with Gasteiger partial charge >= 0.3 is 6.18 Å². The van der Waals surface area contributed by atoms with Crippen LogP contribution in [0.1, 0.15) is 38.3 Å². The fourth-order valence-electron chi connectivity index (χ4n) is 3.33. The number of carbonyl (C=O) groups excluding carboxylic acids is 2. The van der Waals surface area contributed by atoms with Crippen LogP contribution in [0.15, 0.2) is 53.0 Å². The third-order valence-corrected chi connectivity index (χ3v) is 7.18. The lowest BCUT2D eigenvalue weighted by Crippen LogP contribution is -2.52. The lowest BCUT2D eigenvalue weighted by atomic mass is 10.1. The van der Waals surface area contributed by atoms with E-state index < -0.39 is 46.2 Å². The molecule has 1 N–H and O–H groups in total. The molecule has 2 aromatic rings. The second kappa shape index (κ2) is 12.1. The summed E-state index contributed by atoms with van der Waals surface area (Å²) in [6, 6.07) is 9.63. The molecule has 0 unspecified atom stereocenters. The van der Waals surface area contributed by atoms with E-state index in [1.807, 2.05) is 13.8 Å². The largest absolute Gasteiger partial charge is 0.416 e. The summed E-state index contributed by atoms with van der Waals surface area (Å²) in [7, 11) is -4.15. The van der Waals surface area contributed by atoms with Gasteiger partial charge in [0.1, 0.15) is 12.6 Å². The lowest BCUT2D eigenvalue weighted by molar-refractivity contribution is -0.139. The van der Waals surface area contributed by atoms with Crippen LogP contribution < -0.4 is 9.62 Å². The van der Waals surface area contributed by atoms with E-state index in [1.54, 1.807) is 24.3 Å². The first kappa shape index (κ1) is 29.6. The molecule has 0 saturated carbocycles. The van der Waals surface area contributed by atoms with Crippen LogP contribution in [0, 0.1) is 0 Å². The number of alkyl halides is 3. The minimum atomic E-state index is -4.70.